The molecule has 32 valence electrons. The molecule has 5 heavy (non-hydrogen) atoms. The van der Waals surface area contributed by atoms with E-state index in [4.69, 9.17) is 11.6 Å². The van der Waals surface area contributed by atoms with Gasteiger partial charge in [-0.2, -0.15) is 0 Å². The summed E-state index contributed by atoms with van der Waals surface area (Å²) in [4.78, 5) is -1.23. The second kappa shape index (κ2) is 2.79. The molecule has 1 atom stereocenters. The van der Waals surface area contributed by atoms with Crippen LogP contribution in [0, 0.1) is 0 Å². The molecule has 0 aliphatic carbocycles. The maximum absolute atomic E-state index is 11.2. The van der Waals surface area contributed by atoms with Crippen molar-refractivity contribution in [1.82, 2.24) is 0 Å². The lowest BCUT2D eigenvalue weighted by atomic mass is 11.8. The molecule has 0 spiro atoms. The fraction of sp³-hybridized carbons (Fsp3) is 1.00. The Hall–Kier alpha value is 0.570. The highest BCUT2D eigenvalue weighted by Crippen LogP contribution is 2.10. The third-order valence-electron chi connectivity index (χ3n) is 0.178. The van der Waals surface area contributed by atoms with Crippen LogP contribution in [0.4, 0.5) is 4.39 Å². The van der Waals surface area contributed by atoms with E-state index in [-0.39, 0.29) is 0 Å². The van der Waals surface area contributed by atoms with E-state index in [9.17, 15) is 4.39 Å². The largest absolute Gasteiger partial charge is 0.219 e. The SMILES string of the molecule is CSC(F)Cl. The molecule has 0 fully saturated rings. The van der Waals surface area contributed by atoms with Gasteiger partial charge >= 0.3 is 0 Å². The molecule has 0 radical (unpaired) electrons. The number of halogens is 2. The molecule has 0 N–H and O–H groups in total. The van der Waals surface area contributed by atoms with Gasteiger partial charge in [0.15, 0.2) is 0 Å². The van der Waals surface area contributed by atoms with E-state index < -0.39 is 4.96 Å². The van der Waals surface area contributed by atoms with Gasteiger partial charge in [0.2, 0.25) is 4.96 Å². The molecule has 1 unspecified atom stereocenters. The molecule has 0 amide bonds. The van der Waals surface area contributed by atoms with Crippen LogP contribution in [0.2, 0.25) is 0 Å². The quantitative estimate of drug-likeness (QED) is 0.469. The van der Waals surface area contributed by atoms with Gasteiger partial charge in [0.25, 0.3) is 0 Å². The highest BCUT2D eigenvalue weighted by Gasteiger charge is 1.89. The molecule has 0 rings (SSSR count). The third-order valence-corrected chi connectivity index (χ3v) is 1.07. The Balaban J connectivity index is 2.54. The van der Waals surface area contributed by atoms with Gasteiger partial charge in [0, 0.05) is 0 Å². The van der Waals surface area contributed by atoms with Crippen molar-refractivity contribution < 1.29 is 4.39 Å². The molecule has 0 aromatic carbocycles. The maximum Gasteiger partial charge on any atom is 0.219 e. The summed E-state index contributed by atoms with van der Waals surface area (Å²) in [6.45, 7) is 0. The van der Waals surface area contributed by atoms with Crippen LogP contribution in [-0.2, 0) is 0 Å². The number of rotatable bonds is 1. The summed E-state index contributed by atoms with van der Waals surface area (Å²) in [5, 5.41) is 0. The van der Waals surface area contributed by atoms with Crippen molar-refractivity contribution in [3.8, 4) is 0 Å². The van der Waals surface area contributed by atoms with Gasteiger partial charge in [0.1, 0.15) is 0 Å². The van der Waals surface area contributed by atoms with Crippen LogP contribution in [0.25, 0.3) is 0 Å². The van der Waals surface area contributed by atoms with Gasteiger partial charge in [-0.15, -0.1) is 11.8 Å². The smallest absolute Gasteiger partial charge is 0.218 e. The summed E-state index contributed by atoms with van der Waals surface area (Å²) in [5.74, 6) is 0. The summed E-state index contributed by atoms with van der Waals surface area (Å²) >= 11 is 5.74. The monoisotopic (exact) mass is 114 g/mol. The van der Waals surface area contributed by atoms with Crippen LogP contribution in [0.3, 0.4) is 0 Å². The number of thioether (sulfide) groups is 1. The van der Waals surface area contributed by atoms with Crippen molar-refractivity contribution in [2.24, 2.45) is 0 Å². The Morgan fingerprint density at radius 2 is 2.20 bits per heavy atom. The molecule has 3 heteroatoms. The minimum Gasteiger partial charge on any atom is -0.218 e. The summed E-state index contributed by atoms with van der Waals surface area (Å²) in [7, 11) is 0. The maximum atomic E-state index is 11.2. The van der Waals surface area contributed by atoms with E-state index in [1.807, 2.05) is 0 Å². The summed E-state index contributed by atoms with van der Waals surface area (Å²) < 4.78 is 11.2. The molecule has 0 heterocycles. The van der Waals surface area contributed by atoms with Crippen molar-refractivity contribution in [3.05, 3.63) is 0 Å². The second-order valence-corrected chi connectivity index (χ2v) is 2.02. The van der Waals surface area contributed by atoms with Crippen LogP contribution in [0.5, 0.6) is 0 Å². The zero-order chi connectivity index (χ0) is 4.28. The minimum absolute atomic E-state index is 0.978. The lowest BCUT2D eigenvalue weighted by Gasteiger charge is -1.83. The van der Waals surface area contributed by atoms with E-state index in [1.54, 1.807) is 6.26 Å². The fourth-order valence-electron chi connectivity index (χ4n) is 0. The molecule has 0 saturated carbocycles. The first-order valence-electron chi connectivity index (χ1n) is 1.08. The molecule has 0 aromatic rings. The summed E-state index contributed by atoms with van der Waals surface area (Å²) in [6.07, 6.45) is 1.61. The summed E-state index contributed by atoms with van der Waals surface area (Å²) in [6, 6.07) is 0. The molecule has 0 aromatic heterocycles. The van der Waals surface area contributed by atoms with E-state index in [2.05, 4.69) is 0 Å². The molecule has 0 saturated heterocycles. The van der Waals surface area contributed by atoms with E-state index in [1.165, 1.54) is 0 Å². The Morgan fingerprint density at radius 1 is 2.00 bits per heavy atom. The molecule has 0 aliphatic rings. The van der Waals surface area contributed by atoms with Crippen LogP contribution < -0.4 is 0 Å². The highest BCUT2D eigenvalue weighted by atomic mass is 35.5. The normalized spacial score (nSPS) is 15.0. The topological polar surface area (TPSA) is 0 Å². The number of alkyl halides is 2. The van der Waals surface area contributed by atoms with Crippen molar-refractivity contribution in [2.75, 3.05) is 6.26 Å². The van der Waals surface area contributed by atoms with Gasteiger partial charge < -0.3 is 0 Å². The number of hydrogen-bond donors (Lipinski definition) is 0. The lowest BCUT2D eigenvalue weighted by molar-refractivity contribution is 0.561. The van der Waals surface area contributed by atoms with Gasteiger partial charge in [-0.3, -0.25) is 0 Å². The standard InChI is InChI=1S/C2H4ClFS/c1-5-2(3)4/h2H,1H3. The molecule has 0 nitrogen and oxygen atoms in total. The summed E-state index contributed by atoms with van der Waals surface area (Å²) in [5.41, 5.74) is 0. The predicted molar refractivity (Wildman–Crippen MR) is 24.3 cm³/mol. The molecular weight excluding hydrogens is 111 g/mol. The molecular formula is C2H4ClFS. The van der Waals surface area contributed by atoms with Gasteiger partial charge in [0.05, 0.1) is 0 Å². The van der Waals surface area contributed by atoms with E-state index >= 15 is 0 Å². The van der Waals surface area contributed by atoms with E-state index in [0.29, 0.717) is 0 Å². The van der Waals surface area contributed by atoms with E-state index in [0.717, 1.165) is 11.8 Å². The van der Waals surface area contributed by atoms with Crippen molar-refractivity contribution in [2.45, 2.75) is 4.96 Å². The zero-order valence-electron chi connectivity index (χ0n) is 2.74. The van der Waals surface area contributed by atoms with Crippen LogP contribution in [0.1, 0.15) is 0 Å². The Morgan fingerprint density at radius 3 is 2.20 bits per heavy atom. The predicted octanol–water partition coefficient (Wildman–Crippen LogP) is 1.84. The Bertz CT molecular complexity index is 23.6. The minimum atomic E-state index is -1.23. The van der Waals surface area contributed by atoms with Crippen LogP contribution in [-0.4, -0.2) is 11.2 Å². The van der Waals surface area contributed by atoms with Crippen molar-refractivity contribution >= 4 is 23.4 Å². The van der Waals surface area contributed by atoms with Crippen LogP contribution >= 0.6 is 23.4 Å². The average molecular weight is 115 g/mol. The van der Waals surface area contributed by atoms with Gasteiger partial charge in [-0.1, -0.05) is 11.6 Å². The molecule has 0 bridgehead atoms. The Kier molecular flexibility index (Phi) is 3.11. The molecule has 0 aliphatic heterocycles. The number of hydrogen-bond acceptors (Lipinski definition) is 1. The fourth-order valence-corrected chi connectivity index (χ4v) is 0. The lowest BCUT2D eigenvalue weighted by Crippen LogP contribution is -1.69. The highest BCUT2D eigenvalue weighted by molar-refractivity contribution is 8.00. The second-order valence-electron chi connectivity index (χ2n) is 0.496. The Labute approximate surface area is 39.7 Å². The zero-order valence-corrected chi connectivity index (χ0v) is 4.31. The van der Waals surface area contributed by atoms with Crippen molar-refractivity contribution in [3.63, 3.8) is 0 Å². The van der Waals surface area contributed by atoms with Gasteiger partial charge in [-0.05, 0) is 6.26 Å². The first kappa shape index (κ1) is 5.57. The third kappa shape index (κ3) is 4.57. The van der Waals surface area contributed by atoms with Crippen molar-refractivity contribution in [1.29, 1.82) is 0 Å². The first-order valence-corrected chi connectivity index (χ1v) is 2.80. The van der Waals surface area contributed by atoms with Gasteiger partial charge in [-0.25, -0.2) is 4.39 Å². The average Bonchev–Trinajstić information content (AvgIpc) is 1.38. The first-order chi connectivity index (χ1) is 2.27. The van der Waals surface area contributed by atoms with Crippen LogP contribution in [0.15, 0.2) is 0 Å².